The summed E-state index contributed by atoms with van der Waals surface area (Å²) in [5, 5.41) is 0. The predicted octanol–water partition coefficient (Wildman–Crippen LogP) is 0.551. The Balaban J connectivity index is 2.96. The number of primary amides is 1. The first kappa shape index (κ1) is 12.4. The molecule has 2 N–H and O–H groups in total. The first-order chi connectivity index (χ1) is 6.13. The number of hydrogen-bond donors (Lipinski definition) is 1. The largest absolute Gasteiger partial charge is 0.379 e. The SMILES string of the molecule is CC(C)COCCOCCC(N)=O. The minimum absolute atomic E-state index is 0.282. The molecule has 0 unspecified atom stereocenters. The van der Waals surface area contributed by atoms with Crippen molar-refractivity contribution < 1.29 is 14.3 Å². The van der Waals surface area contributed by atoms with E-state index < -0.39 is 0 Å². The molecule has 0 aromatic carbocycles. The molecule has 0 aromatic heterocycles. The van der Waals surface area contributed by atoms with Crippen molar-refractivity contribution in [2.75, 3.05) is 26.4 Å². The van der Waals surface area contributed by atoms with Gasteiger partial charge >= 0.3 is 0 Å². The van der Waals surface area contributed by atoms with E-state index in [4.69, 9.17) is 15.2 Å². The zero-order chi connectivity index (χ0) is 10.1. The Kier molecular flexibility index (Phi) is 7.63. The summed E-state index contributed by atoms with van der Waals surface area (Å²) >= 11 is 0. The fourth-order valence-electron chi connectivity index (χ4n) is 0.712. The van der Waals surface area contributed by atoms with Crippen LogP contribution in [0.3, 0.4) is 0 Å². The van der Waals surface area contributed by atoms with Crippen LogP contribution >= 0.6 is 0 Å². The summed E-state index contributed by atoms with van der Waals surface area (Å²) in [7, 11) is 0. The molecule has 0 radical (unpaired) electrons. The maximum atomic E-state index is 10.3. The van der Waals surface area contributed by atoms with Gasteiger partial charge < -0.3 is 15.2 Å². The van der Waals surface area contributed by atoms with Crippen molar-refractivity contribution in [3.05, 3.63) is 0 Å². The smallest absolute Gasteiger partial charge is 0.219 e. The summed E-state index contributed by atoms with van der Waals surface area (Å²) in [5.41, 5.74) is 4.92. The fourth-order valence-corrected chi connectivity index (χ4v) is 0.712. The Labute approximate surface area is 79.4 Å². The van der Waals surface area contributed by atoms with E-state index in [1.165, 1.54) is 0 Å². The summed E-state index contributed by atoms with van der Waals surface area (Å²) in [6, 6.07) is 0. The van der Waals surface area contributed by atoms with Gasteiger partial charge in [0.25, 0.3) is 0 Å². The summed E-state index contributed by atoms with van der Waals surface area (Å²) in [6.07, 6.45) is 0.282. The van der Waals surface area contributed by atoms with Crippen LogP contribution < -0.4 is 5.73 Å². The molecule has 0 aliphatic rings. The van der Waals surface area contributed by atoms with Crippen molar-refractivity contribution in [3.63, 3.8) is 0 Å². The molecule has 0 saturated heterocycles. The molecular weight excluding hydrogens is 170 g/mol. The van der Waals surface area contributed by atoms with Gasteiger partial charge in [0, 0.05) is 13.0 Å². The van der Waals surface area contributed by atoms with Gasteiger partial charge in [0.05, 0.1) is 19.8 Å². The lowest BCUT2D eigenvalue weighted by Crippen LogP contribution is -2.15. The summed E-state index contributed by atoms with van der Waals surface area (Å²) < 4.78 is 10.4. The van der Waals surface area contributed by atoms with Crippen LogP contribution in [0.2, 0.25) is 0 Å². The molecule has 0 atom stereocenters. The van der Waals surface area contributed by atoms with E-state index in [-0.39, 0.29) is 12.3 Å². The molecule has 1 amide bonds. The number of hydrogen-bond acceptors (Lipinski definition) is 3. The highest BCUT2D eigenvalue weighted by atomic mass is 16.5. The third-order valence-corrected chi connectivity index (χ3v) is 1.32. The second kappa shape index (κ2) is 8.01. The highest BCUT2D eigenvalue weighted by Crippen LogP contribution is 1.91. The third-order valence-electron chi connectivity index (χ3n) is 1.32. The second-order valence-corrected chi connectivity index (χ2v) is 3.30. The van der Waals surface area contributed by atoms with E-state index in [1.807, 2.05) is 0 Å². The maximum absolute atomic E-state index is 10.3. The van der Waals surface area contributed by atoms with Crippen LogP contribution in [0.5, 0.6) is 0 Å². The fraction of sp³-hybridized carbons (Fsp3) is 0.889. The van der Waals surface area contributed by atoms with Crippen molar-refractivity contribution in [1.29, 1.82) is 0 Å². The van der Waals surface area contributed by atoms with Crippen LogP contribution in [0, 0.1) is 5.92 Å². The average molecular weight is 189 g/mol. The highest BCUT2D eigenvalue weighted by Gasteiger charge is 1.95. The molecule has 4 nitrogen and oxygen atoms in total. The first-order valence-corrected chi connectivity index (χ1v) is 4.56. The Morgan fingerprint density at radius 1 is 1.23 bits per heavy atom. The molecule has 4 heteroatoms. The van der Waals surface area contributed by atoms with Gasteiger partial charge in [-0.2, -0.15) is 0 Å². The highest BCUT2D eigenvalue weighted by molar-refractivity contribution is 5.73. The van der Waals surface area contributed by atoms with Gasteiger partial charge in [0.15, 0.2) is 0 Å². The lowest BCUT2D eigenvalue weighted by atomic mass is 10.2. The second-order valence-electron chi connectivity index (χ2n) is 3.30. The lowest BCUT2D eigenvalue weighted by Gasteiger charge is -2.06. The summed E-state index contributed by atoms with van der Waals surface area (Å²) in [6.45, 7) is 6.43. The van der Waals surface area contributed by atoms with Crippen molar-refractivity contribution in [1.82, 2.24) is 0 Å². The molecule has 0 aromatic rings. The van der Waals surface area contributed by atoms with E-state index in [0.29, 0.717) is 25.7 Å². The molecule has 0 spiro atoms. The number of rotatable bonds is 8. The number of carbonyl (C=O) groups excluding carboxylic acids is 1. The van der Waals surface area contributed by atoms with Gasteiger partial charge in [-0.15, -0.1) is 0 Å². The van der Waals surface area contributed by atoms with E-state index >= 15 is 0 Å². The van der Waals surface area contributed by atoms with E-state index in [1.54, 1.807) is 0 Å². The standard InChI is InChI=1S/C9H19NO3/c1-8(2)7-13-6-5-12-4-3-9(10)11/h8H,3-7H2,1-2H3,(H2,10,11). The zero-order valence-corrected chi connectivity index (χ0v) is 8.41. The predicted molar refractivity (Wildman–Crippen MR) is 50.3 cm³/mol. The average Bonchev–Trinajstić information content (AvgIpc) is 2.01. The van der Waals surface area contributed by atoms with E-state index in [2.05, 4.69) is 13.8 Å². The first-order valence-electron chi connectivity index (χ1n) is 4.56. The normalized spacial score (nSPS) is 10.7. The number of amides is 1. The summed E-state index contributed by atoms with van der Waals surface area (Å²) in [5.74, 6) is 0.216. The molecule has 0 fully saturated rings. The van der Waals surface area contributed by atoms with Gasteiger partial charge in [0.1, 0.15) is 0 Å². The molecular formula is C9H19NO3. The molecule has 0 saturated carbocycles. The number of nitrogens with two attached hydrogens (primary N) is 1. The van der Waals surface area contributed by atoms with Crippen molar-refractivity contribution in [2.24, 2.45) is 11.7 Å². The Morgan fingerprint density at radius 2 is 1.85 bits per heavy atom. The number of ether oxygens (including phenoxy) is 2. The lowest BCUT2D eigenvalue weighted by molar-refractivity contribution is -0.119. The van der Waals surface area contributed by atoms with Crippen molar-refractivity contribution in [3.8, 4) is 0 Å². The Morgan fingerprint density at radius 3 is 2.38 bits per heavy atom. The van der Waals surface area contributed by atoms with E-state index in [0.717, 1.165) is 6.61 Å². The Hall–Kier alpha value is -0.610. The molecule has 13 heavy (non-hydrogen) atoms. The van der Waals surface area contributed by atoms with Gasteiger partial charge in [-0.1, -0.05) is 13.8 Å². The molecule has 0 bridgehead atoms. The quantitative estimate of drug-likeness (QED) is 0.567. The minimum atomic E-state index is -0.330. The summed E-state index contributed by atoms with van der Waals surface area (Å²) in [4.78, 5) is 10.3. The van der Waals surface area contributed by atoms with Gasteiger partial charge in [0.2, 0.25) is 5.91 Å². The Bertz CT molecular complexity index is 137. The van der Waals surface area contributed by atoms with Gasteiger partial charge in [-0.25, -0.2) is 0 Å². The van der Waals surface area contributed by atoms with Crippen molar-refractivity contribution >= 4 is 5.91 Å². The van der Waals surface area contributed by atoms with Crippen LogP contribution in [-0.2, 0) is 14.3 Å². The minimum Gasteiger partial charge on any atom is -0.379 e. The van der Waals surface area contributed by atoms with E-state index in [9.17, 15) is 4.79 Å². The maximum Gasteiger partial charge on any atom is 0.219 e. The molecule has 0 rings (SSSR count). The number of carbonyl (C=O) groups is 1. The van der Waals surface area contributed by atoms with Crippen molar-refractivity contribution in [2.45, 2.75) is 20.3 Å². The van der Waals surface area contributed by atoms with Crippen LogP contribution in [-0.4, -0.2) is 32.3 Å². The zero-order valence-electron chi connectivity index (χ0n) is 8.41. The topological polar surface area (TPSA) is 61.6 Å². The van der Waals surface area contributed by atoms with Gasteiger partial charge in [-0.05, 0) is 5.92 Å². The van der Waals surface area contributed by atoms with Gasteiger partial charge in [-0.3, -0.25) is 4.79 Å². The van der Waals surface area contributed by atoms with Crippen LogP contribution in [0.1, 0.15) is 20.3 Å². The molecule has 0 heterocycles. The monoisotopic (exact) mass is 189 g/mol. The molecule has 0 aliphatic carbocycles. The van der Waals surface area contributed by atoms with Crippen LogP contribution in [0.4, 0.5) is 0 Å². The third kappa shape index (κ3) is 11.4. The molecule has 0 aliphatic heterocycles. The van der Waals surface area contributed by atoms with Crippen LogP contribution in [0.15, 0.2) is 0 Å². The van der Waals surface area contributed by atoms with Crippen LogP contribution in [0.25, 0.3) is 0 Å². The molecule has 78 valence electrons.